The molecule has 0 aliphatic carbocycles. The van der Waals surface area contributed by atoms with Crippen molar-refractivity contribution < 1.29 is 33.3 Å². The molecule has 2 amide bonds. The van der Waals surface area contributed by atoms with E-state index < -0.39 is 23.8 Å². The number of amides is 2. The minimum absolute atomic E-state index is 0.147. The standard InChI is InChI=1S/C28H36BrN3O7/c1-6-36-24-14-20(13-21(29)27(24)39-17-26(34)37-7-2)15-30-32-28(35)22(12-18(3)4)31-25(33)16-38-23-11-9-8-10-19(23)5/h8-11,13-15,18,22H,6-7,12,16-17H2,1-5H3,(H,31,33)(H,32,35)/b30-15-/t22-/m1/s1. The van der Waals surface area contributed by atoms with Crippen LogP contribution in [0.4, 0.5) is 0 Å². The van der Waals surface area contributed by atoms with Crippen LogP contribution in [0.15, 0.2) is 46.0 Å². The SMILES string of the molecule is CCOC(=O)COc1c(Br)cc(/C=N\NC(=O)[C@@H](CC(C)C)NC(=O)COc2ccccc2C)cc1OCC. The van der Waals surface area contributed by atoms with Gasteiger partial charge in [0.05, 0.1) is 23.9 Å². The van der Waals surface area contributed by atoms with Crippen molar-refractivity contribution in [3.63, 3.8) is 0 Å². The molecule has 2 aromatic carbocycles. The van der Waals surface area contributed by atoms with Crippen molar-refractivity contribution in [2.24, 2.45) is 11.0 Å². The quantitative estimate of drug-likeness (QED) is 0.177. The van der Waals surface area contributed by atoms with Gasteiger partial charge < -0.3 is 24.3 Å². The van der Waals surface area contributed by atoms with Crippen molar-refractivity contribution in [1.82, 2.24) is 10.7 Å². The summed E-state index contributed by atoms with van der Waals surface area (Å²) in [6.45, 7) is 9.47. The third kappa shape index (κ3) is 11.0. The lowest BCUT2D eigenvalue weighted by atomic mass is 10.0. The molecule has 0 aliphatic heterocycles. The summed E-state index contributed by atoms with van der Waals surface area (Å²) in [5.74, 6) is 0.131. The maximum atomic E-state index is 12.8. The van der Waals surface area contributed by atoms with E-state index in [4.69, 9.17) is 18.9 Å². The molecule has 0 aliphatic rings. The van der Waals surface area contributed by atoms with E-state index in [2.05, 4.69) is 31.8 Å². The fourth-order valence-corrected chi connectivity index (χ4v) is 4.02. The van der Waals surface area contributed by atoms with Gasteiger partial charge in [0.1, 0.15) is 11.8 Å². The summed E-state index contributed by atoms with van der Waals surface area (Å²) in [6.07, 6.45) is 1.86. The van der Waals surface area contributed by atoms with Crippen molar-refractivity contribution in [3.05, 3.63) is 52.0 Å². The molecule has 10 nitrogen and oxygen atoms in total. The fourth-order valence-electron chi connectivity index (χ4n) is 3.45. The van der Waals surface area contributed by atoms with Crippen molar-refractivity contribution in [2.75, 3.05) is 26.4 Å². The van der Waals surface area contributed by atoms with E-state index in [1.807, 2.05) is 45.9 Å². The van der Waals surface area contributed by atoms with E-state index in [-0.39, 0.29) is 25.7 Å². The molecule has 2 rings (SSSR count). The Bertz CT molecular complexity index is 1150. The number of nitrogens with one attached hydrogen (secondary N) is 2. The number of halogens is 1. The summed E-state index contributed by atoms with van der Waals surface area (Å²) < 4.78 is 22.2. The lowest BCUT2D eigenvalue weighted by Gasteiger charge is -2.19. The summed E-state index contributed by atoms with van der Waals surface area (Å²) in [5, 5.41) is 6.78. The zero-order valence-electron chi connectivity index (χ0n) is 22.9. The summed E-state index contributed by atoms with van der Waals surface area (Å²) in [7, 11) is 0. The van der Waals surface area contributed by atoms with Crippen LogP contribution in [-0.2, 0) is 19.1 Å². The van der Waals surface area contributed by atoms with Gasteiger partial charge in [-0.2, -0.15) is 5.10 Å². The third-order valence-corrected chi connectivity index (χ3v) is 5.76. The molecule has 0 aromatic heterocycles. The third-order valence-electron chi connectivity index (χ3n) is 5.17. The Labute approximate surface area is 237 Å². The highest BCUT2D eigenvalue weighted by Gasteiger charge is 2.22. The van der Waals surface area contributed by atoms with Gasteiger partial charge in [-0.1, -0.05) is 32.0 Å². The summed E-state index contributed by atoms with van der Waals surface area (Å²) in [5.41, 5.74) is 4.00. The first kappa shape index (κ1) is 31.6. The average Bonchev–Trinajstić information content (AvgIpc) is 2.87. The van der Waals surface area contributed by atoms with Crippen LogP contribution < -0.4 is 25.0 Å². The molecule has 0 spiro atoms. The molecule has 0 fully saturated rings. The number of hydrazone groups is 1. The molecule has 2 N–H and O–H groups in total. The highest BCUT2D eigenvalue weighted by Crippen LogP contribution is 2.36. The van der Waals surface area contributed by atoms with Gasteiger partial charge in [0.25, 0.3) is 11.8 Å². The van der Waals surface area contributed by atoms with Gasteiger partial charge >= 0.3 is 5.97 Å². The van der Waals surface area contributed by atoms with Crippen molar-refractivity contribution in [3.8, 4) is 17.2 Å². The average molecular weight is 607 g/mol. The topological polar surface area (TPSA) is 125 Å². The van der Waals surface area contributed by atoms with Crippen LogP contribution in [0.5, 0.6) is 17.2 Å². The van der Waals surface area contributed by atoms with Crippen LogP contribution in [-0.4, -0.2) is 56.5 Å². The molecule has 0 bridgehead atoms. The molecule has 1 atom stereocenters. The molecule has 2 aromatic rings. The normalized spacial score (nSPS) is 11.7. The number of carbonyl (C=O) groups excluding carboxylic acids is 3. The molecule has 212 valence electrons. The molecule has 0 heterocycles. The predicted molar refractivity (Wildman–Crippen MR) is 151 cm³/mol. The highest BCUT2D eigenvalue weighted by molar-refractivity contribution is 9.10. The number of para-hydroxylation sites is 1. The number of nitrogens with zero attached hydrogens (tertiary/aromatic N) is 1. The largest absolute Gasteiger partial charge is 0.490 e. The number of carbonyl (C=O) groups is 3. The van der Waals surface area contributed by atoms with Crippen LogP contribution in [0, 0.1) is 12.8 Å². The van der Waals surface area contributed by atoms with Crippen molar-refractivity contribution in [2.45, 2.75) is 47.1 Å². The first-order valence-corrected chi connectivity index (χ1v) is 13.5. The number of hydrogen-bond acceptors (Lipinski definition) is 8. The van der Waals surface area contributed by atoms with Crippen LogP contribution in [0.3, 0.4) is 0 Å². The molecule has 0 radical (unpaired) electrons. The molecule has 39 heavy (non-hydrogen) atoms. The Morgan fingerprint density at radius 2 is 1.74 bits per heavy atom. The molecule has 11 heteroatoms. The second kappa shape index (κ2) is 16.4. The van der Waals surface area contributed by atoms with E-state index in [9.17, 15) is 14.4 Å². The van der Waals surface area contributed by atoms with Gasteiger partial charge in [-0.3, -0.25) is 9.59 Å². The van der Waals surface area contributed by atoms with E-state index >= 15 is 0 Å². The first-order valence-electron chi connectivity index (χ1n) is 12.7. The van der Waals surface area contributed by atoms with Crippen LogP contribution >= 0.6 is 15.9 Å². The summed E-state index contributed by atoms with van der Waals surface area (Å²) >= 11 is 3.43. The molecular formula is C28H36BrN3O7. The second-order valence-electron chi connectivity index (χ2n) is 8.89. The van der Waals surface area contributed by atoms with E-state index in [0.29, 0.717) is 40.3 Å². The Balaban J connectivity index is 2.04. The highest BCUT2D eigenvalue weighted by atomic mass is 79.9. The zero-order valence-corrected chi connectivity index (χ0v) is 24.5. The van der Waals surface area contributed by atoms with Crippen LogP contribution in [0.2, 0.25) is 0 Å². The maximum absolute atomic E-state index is 12.8. The maximum Gasteiger partial charge on any atom is 0.344 e. The summed E-state index contributed by atoms with van der Waals surface area (Å²) in [6, 6.07) is 9.96. The van der Waals surface area contributed by atoms with Crippen LogP contribution in [0.25, 0.3) is 0 Å². The minimum atomic E-state index is -0.792. The van der Waals surface area contributed by atoms with Gasteiger partial charge in [-0.25, -0.2) is 10.2 Å². The Morgan fingerprint density at radius 3 is 2.41 bits per heavy atom. The van der Waals surface area contributed by atoms with Gasteiger partial charge in [-0.15, -0.1) is 0 Å². The molecule has 0 saturated carbocycles. The Morgan fingerprint density at radius 1 is 1.00 bits per heavy atom. The van der Waals surface area contributed by atoms with Gasteiger partial charge in [0.2, 0.25) is 0 Å². The predicted octanol–water partition coefficient (Wildman–Crippen LogP) is 4.16. The first-order chi connectivity index (χ1) is 18.6. The zero-order chi connectivity index (χ0) is 28.8. The fraction of sp³-hybridized carbons (Fsp3) is 0.429. The number of aryl methyl sites for hydroxylation is 1. The second-order valence-corrected chi connectivity index (χ2v) is 9.75. The van der Waals surface area contributed by atoms with Crippen LogP contribution in [0.1, 0.15) is 45.2 Å². The van der Waals surface area contributed by atoms with Crippen molar-refractivity contribution >= 4 is 39.9 Å². The smallest absolute Gasteiger partial charge is 0.344 e. The van der Waals surface area contributed by atoms with E-state index in [1.165, 1.54) is 6.21 Å². The monoisotopic (exact) mass is 605 g/mol. The van der Waals surface area contributed by atoms with Gasteiger partial charge in [0, 0.05) is 0 Å². The lowest BCUT2D eigenvalue weighted by Crippen LogP contribution is -2.47. The number of ether oxygens (including phenoxy) is 4. The molecular weight excluding hydrogens is 570 g/mol. The van der Waals surface area contributed by atoms with E-state index in [0.717, 1.165) is 5.56 Å². The van der Waals surface area contributed by atoms with E-state index in [1.54, 1.807) is 25.1 Å². The lowest BCUT2D eigenvalue weighted by molar-refractivity contribution is -0.145. The molecule has 0 saturated heterocycles. The molecule has 0 unspecified atom stereocenters. The number of benzene rings is 2. The number of rotatable bonds is 15. The van der Waals surface area contributed by atoms with Gasteiger partial charge in [-0.05, 0) is 78.4 Å². The number of esters is 1. The Kier molecular flexibility index (Phi) is 13.3. The minimum Gasteiger partial charge on any atom is -0.490 e. The van der Waals surface area contributed by atoms with Gasteiger partial charge in [0.15, 0.2) is 24.7 Å². The summed E-state index contributed by atoms with van der Waals surface area (Å²) in [4.78, 5) is 37.0. The van der Waals surface area contributed by atoms with Crippen molar-refractivity contribution in [1.29, 1.82) is 0 Å². The number of hydrogen-bond donors (Lipinski definition) is 2. The Hall–Kier alpha value is -3.60.